The fourth-order valence-electron chi connectivity index (χ4n) is 1.29. The summed E-state index contributed by atoms with van der Waals surface area (Å²) in [5.41, 5.74) is 1.25. The number of hydrogen-bond donors (Lipinski definition) is 0. The van der Waals surface area contributed by atoms with Crippen molar-refractivity contribution in [3.8, 4) is 0 Å². The fourth-order valence-corrected chi connectivity index (χ4v) is 1.29. The van der Waals surface area contributed by atoms with Gasteiger partial charge >= 0.3 is 0 Å². The van der Waals surface area contributed by atoms with Crippen molar-refractivity contribution in [2.45, 2.75) is 33.7 Å². The maximum Gasteiger partial charge on any atom is 0.0319 e. The molecule has 0 aliphatic heterocycles. The molecule has 22 heavy (non-hydrogen) atoms. The van der Waals surface area contributed by atoms with Crippen LogP contribution in [-0.4, -0.2) is 42.9 Å². The van der Waals surface area contributed by atoms with Crippen LogP contribution < -0.4 is 0 Å². The largest absolute Gasteiger partial charge is 0.303 e. The normalized spacial score (nSPS) is 10.5. The Labute approximate surface area is 156 Å². The molecule has 2 aromatic rings. The zero-order chi connectivity index (χ0) is 16.1. The van der Waals surface area contributed by atoms with Gasteiger partial charge in [-0.1, -0.05) is 75.4 Å². The predicted molar refractivity (Wildman–Crippen MR) is 101 cm³/mol. The van der Waals surface area contributed by atoms with Crippen molar-refractivity contribution in [1.82, 2.24) is 4.90 Å². The van der Waals surface area contributed by atoms with Crippen molar-refractivity contribution in [2.75, 3.05) is 14.1 Å². The van der Waals surface area contributed by atoms with E-state index in [4.69, 9.17) is 0 Å². The molecule has 7 radical (unpaired) electrons. The van der Waals surface area contributed by atoms with E-state index in [9.17, 15) is 0 Å². The molecule has 0 aromatic heterocycles. The van der Waals surface area contributed by atoms with Gasteiger partial charge < -0.3 is 4.90 Å². The van der Waals surface area contributed by atoms with Crippen molar-refractivity contribution in [1.29, 1.82) is 0 Å². The summed E-state index contributed by atoms with van der Waals surface area (Å²) in [4.78, 5) is 2.17. The smallest absolute Gasteiger partial charge is 0.0319 e. The molecule has 0 heterocycles. The third-order valence-corrected chi connectivity index (χ3v) is 2.56. The first-order valence-corrected chi connectivity index (χ1v) is 7.26. The summed E-state index contributed by atoms with van der Waals surface area (Å²) in [5, 5.41) is 0. The van der Waals surface area contributed by atoms with Gasteiger partial charge in [0.2, 0.25) is 0 Å². The van der Waals surface area contributed by atoms with Crippen LogP contribution in [0.2, 0.25) is 0 Å². The maximum atomic E-state index is 3.21. The van der Waals surface area contributed by atoms with Crippen molar-refractivity contribution >= 4 is 23.9 Å². The summed E-state index contributed by atoms with van der Waals surface area (Å²) in [6, 6.07) is 24.3. The zero-order valence-electron chi connectivity index (χ0n) is 14.7. The molecular weight excluding hydrogens is 373 g/mol. The van der Waals surface area contributed by atoms with E-state index in [1.807, 2.05) is 48.5 Å². The Morgan fingerprint density at radius 2 is 1.45 bits per heavy atom. The van der Waals surface area contributed by atoms with Crippen LogP contribution in [0.3, 0.4) is 0 Å². The van der Waals surface area contributed by atoms with Gasteiger partial charge in [0.25, 0.3) is 0 Å². The van der Waals surface area contributed by atoms with Crippen LogP contribution in [-0.2, 0) is 0 Å². The van der Waals surface area contributed by atoms with Gasteiger partial charge in [-0.25, -0.2) is 0 Å². The summed E-state index contributed by atoms with van der Waals surface area (Å²) in [7, 11) is 4.15. The van der Waals surface area contributed by atoms with E-state index in [2.05, 4.69) is 64.9 Å². The van der Waals surface area contributed by atoms with E-state index >= 15 is 0 Å². The maximum absolute atomic E-state index is 3.21. The van der Waals surface area contributed by atoms with E-state index in [1.54, 1.807) is 0 Å². The Bertz CT molecular complexity index is 402. The van der Waals surface area contributed by atoms with Gasteiger partial charge in [0.1, 0.15) is 0 Å². The Morgan fingerprint density at radius 1 is 0.955 bits per heavy atom. The third-order valence-electron chi connectivity index (χ3n) is 2.56. The number of nitrogens with zero attached hydrogens (tertiary/aromatic N) is 1. The van der Waals surface area contributed by atoms with E-state index in [-0.39, 0.29) is 25.3 Å². The quantitative estimate of drug-likeness (QED) is 0.633. The molecule has 2 aromatic carbocycles. The molecule has 2 heteroatoms. The monoisotopic (exact) mass is 404 g/mol. The number of hydrogen-bond acceptors (Lipinski definition) is 1. The molecule has 0 aliphatic carbocycles. The summed E-state index contributed by atoms with van der Waals surface area (Å²) < 4.78 is 0. The minimum atomic E-state index is 0. The molecule has 0 bridgehead atoms. The molecular formula is C20H30NSn. The minimum absolute atomic E-state index is 0. The average molecular weight is 403 g/mol. The second-order valence-electron chi connectivity index (χ2n) is 5.53. The average Bonchev–Trinajstić information content (AvgIpc) is 2.49. The molecule has 2 rings (SSSR count). The van der Waals surface area contributed by atoms with E-state index in [0.29, 0.717) is 6.04 Å². The molecule has 0 saturated heterocycles. The molecule has 0 amide bonds. The van der Waals surface area contributed by atoms with Gasteiger partial charge in [0.05, 0.1) is 0 Å². The molecule has 119 valence electrons. The Kier molecular flexibility index (Phi) is 16.1. The van der Waals surface area contributed by atoms with Crippen molar-refractivity contribution in [3.05, 3.63) is 78.2 Å². The number of rotatable bonds is 2. The molecule has 0 fully saturated rings. The van der Waals surface area contributed by atoms with Gasteiger partial charge in [-0.15, -0.1) is 0 Å². The minimum Gasteiger partial charge on any atom is -0.303 e. The molecule has 0 unspecified atom stereocenters. The molecule has 0 aliphatic rings. The summed E-state index contributed by atoms with van der Waals surface area (Å²) in [5.74, 6) is 1.42. The molecule has 0 saturated carbocycles. The standard InChI is InChI=1S/C10H14N.C6H5.C4H9.Sn.H2/c1-9(11(2)3)10-7-5-4-6-8-10;1-2-4-6-5-3-1;1-4(2)3;;/h4-7,9H,1-3H3;1-5H;1-3H3;;1H/t9-;;;;/m0..../s1. The van der Waals surface area contributed by atoms with Crippen LogP contribution in [0, 0.1) is 18.1 Å². The van der Waals surface area contributed by atoms with E-state index < -0.39 is 0 Å². The van der Waals surface area contributed by atoms with Crippen molar-refractivity contribution in [3.63, 3.8) is 0 Å². The number of benzene rings is 2. The van der Waals surface area contributed by atoms with Gasteiger partial charge in [-0.3, -0.25) is 0 Å². The van der Waals surface area contributed by atoms with Gasteiger partial charge in [-0.05, 0) is 44.6 Å². The van der Waals surface area contributed by atoms with Crippen molar-refractivity contribution < 1.29 is 1.43 Å². The van der Waals surface area contributed by atoms with Gasteiger partial charge in [0.15, 0.2) is 0 Å². The predicted octanol–water partition coefficient (Wildman–Crippen LogP) is 5.08. The summed E-state index contributed by atoms with van der Waals surface area (Å²) in [6.45, 7) is 8.42. The van der Waals surface area contributed by atoms with Crippen LogP contribution in [0.15, 0.2) is 54.6 Å². The van der Waals surface area contributed by atoms with Crippen LogP contribution in [0.4, 0.5) is 0 Å². The van der Waals surface area contributed by atoms with E-state index in [1.165, 1.54) is 11.5 Å². The molecule has 1 nitrogen and oxygen atoms in total. The Balaban J connectivity index is -0.000000286. The molecule has 0 N–H and O–H groups in total. The SMILES string of the molecule is C[C@@H](c1[c]cccc1)N(C)C.C[C](C)C.[HH].[Sn].[c]1ccccc1. The Morgan fingerprint density at radius 3 is 1.73 bits per heavy atom. The van der Waals surface area contributed by atoms with Crippen LogP contribution in [0.5, 0.6) is 0 Å². The van der Waals surface area contributed by atoms with Crippen LogP contribution >= 0.6 is 0 Å². The van der Waals surface area contributed by atoms with Crippen LogP contribution in [0.1, 0.15) is 40.7 Å². The zero-order valence-corrected chi connectivity index (χ0v) is 17.6. The first-order valence-electron chi connectivity index (χ1n) is 7.26. The third kappa shape index (κ3) is 14.1. The van der Waals surface area contributed by atoms with Crippen molar-refractivity contribution in [2.24, 2.45) is 0 Å². The van der Waals surface area contributed by atoms with Gasteiger partial charge in [-0.2, -0.15) is 0 Å². The molecule has 0 spiro atoms. The summed E-state index contributed by atoms with van der Waals surface area (Å²) in [6.07, 6.45) is 0. The second kappa shape index (κ2) is 15.1. The first-order chi connectivity index (χ1) is 9.95. The summed E-state index contributed by atoms with van der Waals surface area (Å²) >= 11 is 0. The fraction of sp³-hybridized carbons (Fsp3) is 0.350. The Hall–Kier alpha value is -0.801. The second-order valence-corrected chi connectivity index (χ2v) is 5.53. The molecule has 1 atom stereocenters. The van der Waals surface area contributed by atoms with E-state index in [0.717, 1.165) is 0 Å². The van der Waals surface area contributed by atoms with Gasteiger partial charge in [0, 0.05) is 31.4 Å². The van der Waals surface area contributed by atoms with Crippen LogP contribution in [0.25, 0.3) is 0 Å². The topological polar surface area (TPSA) is 3.24 Å². The first kappa shape index (κ1) is 23.5.